The van der Waals surface area contributed by atoms with Crippen molar-refractivity contribution in [3.05, 3.63) is 28.8 Å². The van der Waals surface area contributed by atoms with Crippen molar-refractivity contribution in [3.63, 3.8) is 0 Å². The summed E-state index contributed by atoms with van der Waals surface area (Å²) in [6.45, 7) is 2.05. The molecule has 0 amide bonds. The fraction of sp³-hybridized carbons (Fsp3) is 0.417. The summed E-state index contributed by atoms with van der Waals surface area (Å²) in [4.78, 5) is 0.286. The van der Waals surface area contributed by atoms with E-state index in [4.69, 9.17) is 29.6 Å². The van der Waals surface area contributed by atoms with Crippen LogP contribution in [0.25, 0.3) is 0 Å². The van der Waals surface area contributed by atoms with E-state index in [1.54, 1.807) is 0 Å². The van der Waals surface area contributed by atoms with Crippen LogP contribution in [-0.2, 0) is 10.0 Å². The lowest BCUT2D eigenvalue weighted by molar-refractivity contribution is 0.576. The predicted molar refractivity (Wildman–Crippen MR) is 79.8 cm³/mol. The molecule has 2 unspecified atom stereocenters. The maximum Gasteiger partial charge on any atom is 0.240 e. The molecule has 1 fully saturated rings. The fourth-order valence-electron chi connectivity index (χ4n) is 1.97. The molecule has 4 nitrogen and oxygen atoms in total. The zero-order valence-electron chi connectivity index (χ0n) is 10.4. The van der Waals surface area contributed by atoms with E-state index in [0.717, 1.165) is 12.8 Å². The number of rotatable bonds is 5. The molecule has 7 heteroatoms. The van der Waals surface area contributed by atoms with Crippen LogP contribution in [-0.4, -0.2) is 19.4 Å². The van der Waals surface area contributed by atoms with Gasteiger partial charge in [-0.25, -0.2) is 13.1 Å². The predicted octanol–water partition coefficient (Wildman–Crippen LogP) is 2.05. The van der Waals surface area contributed by atoms with Crippen molar-refractivity contribution in [2.75, 3.05) is 0 Å². The Morgan fingerprint density at radius 3 is 2.74 bits per heavy atom. The Labute approximate surface area is 123 Å². The molecule has 0 heterocycles. The van der Waals surface area contributed by atoms with Crippen molar-refractivity contribution in [2.24, 2.45) is 11.7 Å². The molecule has 19 heavy (non-hydrogen) atoms. The summed E-state index contributed by atoms with van der Waals surface area (Å²) >= 11 is 10.8. The highest BCUT2D eigenvalue weighted by Crippen LogP contribution is 2.34. The normalized spacial score (nSPS) is 22.2. The SMILES string of the molecule is CCC1CC1NS(=O)(=O)c1ccc(C(N)=S)c(Cl)c1. The molecule has 1 aliphatic carbocycles. The lowest BCUT2D eigenvalue weighted by Gasteiger charge is -2.08. The monoisotopic (exact) mass is 318 g/mol. The Bertz CT molecular complexity index is 616. The van der Waals surface area contributed by atoms with Gasteiger partial charge in [0.25, 0.3) is 0 Å². The van der Waals surface area contributed by atoms with Crippen molar-refractivity contribution in [1.29, 1.82) is 0 Å². The van der Waals surface area contributed by atoms with Crippen molar-refractivity contribution in [1.82, 2.24) is 4.72 Å². The summed E-state index contributed by atoms with van der Waals surface area (Å²) in [6, 6.07) is 4.42. The highest BCUT2D eigenvalue weighted by atomic mass is 35.5. The lowest BCUT2D eigenvalue weighted by atomic mass is 10.2. The van der Waals surface area contributed by atoms with Gasteiger partial charge in [-0.1, -0.05) is 37.2 Å². The highest BCUT2D eigenvalue weighted by molar-refractivity contribution is 7.89. The molecule has 0 spiro atoms. The molecule has 1 aliphatic rings. The second-order valence-corrected chi connectivity index (χ2v) is 7.20. The largest absolute Gasteiger partial charge is 0.389 e. The van der Waals surface area contributed by atoms with E-state index in [9.17, 15) is 8.42 Å². The summed E-state index contributed by atoms with van der Waals surface area (Å²) in [5.74, 6) is 0.445. The van der Waals surface area contributed by atoms with Crippen LogP contribution in [0, 0.1) is 5.92 Å². The Morgan fingerprint density at radius 1 is 1.58 bits per heavy atom. The topological polar surface area (TPSA) is 72.2 Å². The first kappa shape index (κ1) is 14.7. The van der Waals surface area contributed by atoms with Crippen molar-refractivity contribution >= 4 is 38.8 Å². The van der Waals surface area contributed by atoms with Crippen LogP contribution in [0.3, 0.4) is 0 Å². The summed E-state index contributed by atoms with van der Waals surface area (Å²) in [5, 5.41) is 0.248. The third-order valence-corrected chi connectivity index (χ3v) is 5.29. The first-order chi connectivity index (χ1) is 8.85. The third kappa shape index (κ3) is 3.25. The minimum absolute atomic E-state index is 0.0454. The standard InChI is InChI=1S/C12H15ClN2O2S2/c1-2-7-5-11(7)15-19(16,17)8-3-4-9(12(14)18)10(13)6-8/h3-4,6-7,11,15H,2,5H2,1H3,(H2,14,18). The summed E-state index contributed by atoms with van der Waals surface area (Å²) < 4.78 is 27.0. The number of nitrogens with two attached hydrogens (primary N) is 1. The van der Waals surface area contributed by atoms with Crippen LogP contribution in [0.4, 0.5) is 0 Å². The van der Waals surface area contributed by atoms with Gasteiger partial charge in [0, 0.05) is 11.6 Å². The van der Waals surface area contributed by atoms with E-state index in [0.29, 0.717) is 11.5 Å². The third-order valence-electron chi connectivity index (χ3n) is 3.27. The van der Waals surface area contributed by atoms with Crippen LogP contribution in [0.2, 0.25) is 5.02 Å². The molecule has 2 rings (SSSR count). The van der Waals surface area contributed by atoms with Gasteiger partial charge in [0.15, 0.2) is 0 Å². The number of sulfonamides is 1. The molecule has 104 valence electrons. The molecule has 1 saturated carbocycles. The molecule has 3 N–H and O–H groups in total. The van der Waals surface area contributed by atoms with Gasteiger partial charge in [0.1, 0.15) is 4.99 Å². The molecule has 0 aromatic heterocycles. The van der Waals surface area contributed by atoms with Gasteiger partial charge in [-0.2, -0.15) is 0 Å². The van der Waals surface area contributed by atoms with E-state index < -0.39 is 10.0 Å². The fourth-order valence-corrected chi connectivity index (χ4v) is 3.90. The number of thiocarbonyl (C=S) groups is 1. The molecule has 1 aromatic rings. The molecular formula is C12H15ClN2O2S2. The first-order valence-electron chi connectivity index (χ1n) is 5.97. The smallest absolute Gasteiger partial charge is 0.240 e. The molecule has 0 radical (unpaired) electrons. The van der Waals surface area contributed by atoms with Crippen LogP contribution in [0.5, 0.6) is 0 Å². The minimum atomic E-state index is -3.52. The van der Waals surface area contributed by atoms with Crippen molar-refractivity contribution in [3.8, 4) is 0 Å². The molecule has 2 atom stereocenters. The van der Waals surface area contributed by atoms with Crippen LogP contribution < -0.4 is 10.5 Å². The Morgan fingerprint density at radius 2 is 2.26 bits per heavy atom. The second-order valence-electron chi connectivity index (χ2n) is 4.64. The summed E-state index contributed by atoms with van der Waals surface area (Å²) in [5.41, 5.74) is 5.96. The van der Waals surface area contributed by atoms with Gasteiger partial charge in [-0.3, -0.25) is 0 Å². The van der Waals surface area contributed by atoms with E-state index >= 15 is 0 Å². The van der Waals surface area contributed by atoms with E-state index in [1.165, 1.54) is 18.2 Å². The van der Waals surface area contributed by atoms with Crippen LogP contribution in [0.1, 0.15) is 25.3 Å². The quantitative estimate of drug-likeness (QED) is 0.815. The van der Waals surface area contributed by atoms with Gasteiger partial charge >= 0.3 is 0 Å². The van der Waals surface area contributed by atoms with Crippen LogP contribution in [0.15, 0.2) is 23.1 Å². The van der Waals surface area contributed by atoms with E-state index in [-0.39, 0.29) is 20.9 Å². The minimum Gasteiger partial charge on any atom is -0.389 e. The second kappa shape index (κ2) is 5.36. The van der Waals surface area contributed by atoms with Gasteiger partial charge in [-0.15, -0.1) is 0 Å². The lowest BCUT2D eigenvalue weighted by Crippen LogP contribution is -2.27. The Hall–Kier alpha value is -0.690. The highest BCUT2D eigenvalue weighted by Gasteiger charge is 2.38. The molecule has 1 aromatic carbocycles. The number of benzene rings is 1. The zero-order valence-corrected chi connectivity index (χ0v) is 12.8. The number of nitrogens with one attached hydrogen (secondary N) is 1. The van der Waals surface area contributed by atoms with E-state index in [2.05, 4.69) is 4.72 Å². The van der Waals surface area contributed by atoms with Crippen molar-refractivity contribution < 1.29 is 8.42 Å². The van der Waals surface area contributed by atoms with Gasteiger partial charge in [0.2, 0.25) is 10.0 Å². The van der Waals surface area contributed by atoms with Gasteiger partial charge < -0.3 is 5.73 Å². The number of hydrogen-bond donors (Lipinski definition) is 2. The molecule has 0 aliphatic heterocycles. The summed E-state index contributed by atoms with van der Waals surface area (Å²) in [7, 11) is -3.52. The van der Waals surface area contributed by atoms with E-state index in [1.807, 2.05) is 6.92 Å². The number of hydrogen-bond acceptors (Lipinski definition) is 3. The zero-order chi connectivity index (χ0) is 14.2. The Kier molecular flexibility index (Phi) is 4.15. The average Bonchev–Trinajstić information content (AvgIpc) is 3.06. The molecular weight excluding hydrogens is 304 g/mol. The van der Waals surface area contributed by atoms with Crippen LogP contribution >= 0.6 is 23.8 Å². The maximum absolute atomic E-state index is 12.1. The average molecular weight is 319 g/mol. The maximum atomic E-state index is 12.1. The number of halogens is 1. The Balaban J connectivity index is 2.22. The molecule has 0 saturated heterocycles. The van der Waals surface area contributed by atoms with Gasteiger partial charge in [0.05, 0.1) is 9.92 Å². The van der Waals surface area contributed by atoms with Crippen molar-refractivity contribution in [2.45, 2.75) is 30.7 Å². The van der Waals surface area contributed by atoms with Gasteiger partial charge in [-0.05, 0) is 30.5 Å². The summed E-state index contributed by atoms with van der Waals surface area (Å²) in [6.07, 6.45) is 1.88. The molecule has 0 bridgehead atoms. The first-order valence-corrected chi connectivity index (χ1v) is 8.23.